The number of nitrogens with one attached hydrogen (secondary N) is 1. The Hall–Kier alpha value is -3.43. The Kier molecular flexibility index (Phi) is 6.15. The fraction of sp³-hybridized carbons (Fsp3) is 0.0952. The molecule has 31 heavy (non-hydrogen) atoms. The van der Waals surface area contributed by atoms with Gasteiger partial charge in [0.25, 0.3) is 5.69 Å². The maximum Gasteiger partial charge on any atom is 0.269 e. The number of hydrogen-bond acceptors (Lipinski definition) is 7. The van der Waals surface area contributed by atoms with Crippen molar-refractivity contribution in [2.24, 2.45) is 10.2 Å². The molecule has 1 aliphatic rings. The summed E-state index contributed by atoms with van der Waals surface area (Å²) >= 11 is 7.40. The molecule has 1 atom stereocenters. The summed E-state index contributed by atoms with van der Waals surface area (Å²) in [6.07, 6.45) is 1.79. The van der Waals surface area contributed by atoms with Crippen molar-refractivity contribution in [3.05, 3.63) is 87.1 Å². The van der Waals surface area contributed by atoms with Crippen LogP contribution in [0, 0.1) is 10.1 Å². The van der Waals surface area contributed by atoms with Crippen LogP contribution in [0.2, 0.25) is 5.02 Å². The zero-order chi connectivity index (χ0) is 21.8. The van der Waals surface area contributed by atoms with Crippen LogP contribution in [-0.2, 0) is 11.2 Å². The number of amidine groups is 1. The minimum atomic E-state index is -0.460. The third-order valence-corrected chi connectivity index (χ3v) is 5.82. The number of thioether (sulfide) groups is 1. The molecule has 0 spiro atoms. The van der Waals surface area contributed by atoms with Gasteiger partial charge in [-0.05, 0) is 36.2 Å². The Labute approximate surface area is 186 Å². The van der Waals surface area contributed by atoms with E-state index in [1.165, 1.54) is 30.1 Å². The molecule has 2 heterocycles. The Balaban J connectivity index is 1.40. The van der Waals surface area contributed by atoms with Crippen LogP contribution in [-0.4, -0.2) is 27.5 Å². The third kappa shape index (κ3) is 5.01. The van der Waals surface area contributed by atoms with E-state index < -0.39 is 10.2 Å². The number of non-ortho nitro benzene ring substituents is 1. The van der Waals surface area contributed by atoms with Gasteiger partial charge in [0.2, 0.25) is 5.91 Å². The lowest BCUT2D eigenvalue weighted by molar-refractivity contribution is -0.384. The van der Waals surface area contributed by atoms with E-state index in [2.05, 4.69) is 15.5 Å². The molecule has 1 aliphatic heterocycles. The first kappa shape index (κ1) is 20.8. The second-order valence-corrected chi connectivity index (χ2v) is 8.16. The van der Waals surface area contributed by atoms with E-state index in [9.17, 15) is 14.9 Å². The summed E-state index contributed by atoms with van der Waals surface area (Å²) < 4.78 is 5.71. The van der Waals surface area contributed by atoms with Crippen molar-refractivity contribution >= 4 is 46.3 Å². The number of rotatable bonds is 6. The smallest absolute Gasteiger partial charge is 0.269 e. The fourth-order valence-corrected chi connectivity index (χ4v) is 4.16. The van der Waals surface area contributed by atoms with Gasteiger partial charge in [0.1, 0.15) is 11.5 Å². The predicted molar refractivity (Wildman–Crippen MR) is 121 cm³/mol. The van der Waals surface area contributed by atoms with Crippen LogP contribution in [0.3, 0.4) is 0 Å². The first-order valence-corrected chi connectivity index (χ1v) is 10.4. The van der Waals surface area contributed by atoms with Crippen LogP contribution in [0.15, 0.2) is 75.3 Å². The Morgan fingerprint density at radius 3 is 2.84 bits per heavy atom. The minimum absolute atomic E-state index is 0.00555. The molecule has 1 N–H and O–H groups in total. The fourth-order valence-electron chi connectivity index (χ4n) is 2.96. The number of halogens is 1. The average molecular weight is 455 g/mol. The van der Waals surface area contributed by atoms with Crippen LogP contribution in [0.5, 0.6) is 0 Å². The van der Waals surface area contributed by atoms with Crippen molar-refractivity contribution in [1.82, 2.24) is 5.32 Å². The average Bonchev–Trinajstić information content (AvgIpc) is 3.35. The summed E-state index contributed by atoms with van der Waals surface area (Å²) in [6.45, 7) is 0. The highest BCUT2D eigenvalue weighted by Gasteiger charge is 2.30. The molecule has 2 aromatic carbocycles. The first-order valence-electron chi connectivity index (χ1n) is 9.16. The standard InChI is InChI=1S/C21H15ClN4O4S/c22-17-7-2-1-6-16(17)18-9-8-15(30-18)12-23-25-21-24-20(27)19(31-21)11-13-4-3-5-14(10-13)26(28)29/h1-10,12,19H,11H2,(H,24,25,27)/b23-12+. The maximum absolute atomic E-state index is 12.2. The van der Waals surface area contributed by atoms with Gasteiger partial charge in [-0.25, -0.2) is 0 Å². The lowest BCUT2D eigenvalue weighted by Crippen LogP contribution is -2.25. The van der Waals surface area contributed by atoms with Crippen LogP contribution in [0.4, 0.5) is 5.69 Å². The van der Waals surface area contributed by atoms with E-state index in [0.717, 1.165) is 5.56 Å². The molecule has 1 fully saturated rings. The predicted octanol–water partition coefficient (Wildman–Crippen LogP) is 4.67. The van der Waals surface area contributed by atoms with Crippen molar-refractivity contribution in [3.63, 3.8) is 0 Å². The molecule has 8 nitrogen and oxygen atoms in total. The third-order valence-electron chi connectivity index (χ3n) is 4.42. The summed E-state index contributed by atoms with van der Waals surface area (Å²) in [7, 11) is 0. The van der Waals surface area contributed by atoms with Gasteiger partial charge in [-0.3, -0.25) is 14.9 Å². The van der Waals surface area contributed by atoms with E-state index in [-0.39, 0.29) is 11.6 Å². The summed E-state index contributed by atoms with van der Waals surface area (Å²) in [4.78, 5) is 22.7. The van der Waals surface area contributed by atoms with E-state index in [4.69, 9.17) is 16.0 Å². The number of carbonyl (C=O) groups is 1. The molecule has 1 amide bonds. The van der Waals surface area contributed by atoms with Gasteiger partial charge in [-0.15, -0.1) is 5.10 Å². The molecule has 0 radical (unpaired) electrons. The van der Waals surface area contributed by atoms with Crippen molar-refractivity contribution in [2.45, 2.75) is 11.7 Å². The number of amides is 1. The summed E-state index contributed by atoms with van der Waals surface area (Å²) in [5.41, 5.74) is 1.47. The highest BCUT2D eigenvalue weighted by Crippen LogP contribution is 2.29. The molecule has 0 bridgehead atoms. The van der Waals surface area contributed by atoms with E-state index in [1.54, 1.807) is 30.3 Å². The van der Waals surface area contributed by atoms with Gasteiger partial charge < -0.3 is 9.73 Å². The van der Waals surface area contributed by atoms with Crippen molar-refractivity contribution < 1.29 is 14.1 Å². The van der Waals surface area contributed by atoms with E-state index in [0.29, 0.717) is 33.7 Å². The Morgan fingerprint density at radius 1 is 1.19 bits per heavy atom. The van der Waals surface area contributed by atoms with Crippen LogP contribution in [0.1, 0.15) is 11.3 Å². The zero-order valence-corrected chi connectivity index (χ0v) is 17.5. The lowest BCUT2D eigenvalue weighted by Gasteiger charge is -2.04. The maximum atomic E-state index is 12.2. The molecule has 0 aliphatic carbocycles. The number of nitrogens with zero attached hydrogens (tertiary/aromatic N) is 3. The molecular formula is C21H15ClN4O4S. The van der Waals surface area contributed by atoms with Gasteiger partial charge >= 0.3 is 0 Å². The second kappa shape index (κ2) is 9.15. The highest BCUT2D eigenvalue weighted by molar-refractivity contribution is 8.15. The van der Waals surface area contributed by atoms with Crippen LogP contribution >= 0.6 is 23.4 Å². The molecular weight excluding hydrogens is 440 g/mol. The van der Waals surface area contributed by atoms with Gasteiger partial charge in [0.05, 0.1) is 21.4 Å². The van der Waals surface area contributed by atoms with Gasteiger partial charge in [-0.1, -0.05) is 47.6 Å². The molecule has 0 saturated carbocycles. The molecule has 1 saturated heterocycles. The number of nitro benzene ring substituents is 1. The summed E-state index contributed by atoms with van der Waals surface area (Å²) in [5, 5.41) is 22.1. The Morgan fingerprint density at radius 2 is 2.03 bits per heavy atom. The Bertz CT molecular complexity index is 1210. The quantitative estimate of drug-likeness (QED) is 0.330. The molecule has 1 aromatic heterocycles. The van der Waals surface area contributed by atoms with E-state index >= 15 is 0 Å². The minimum Gasteiger partial charge on any atom is -0.455 e. The van der Waals surface area contributed by atoms with Crippen LogP contribution < -0.4 is 5.32 Å². The summed E-state index contributed by atoms with van der Waals surface area (Å²) in [5.74, 6) is 0.881. The molecule has 4 rings (SSSR count). The highest BCUT2D eigenvalue weighted by atomic mass is 35.5. The topological polar surface area (TPSA) is 110 Å². The first-order chi connectivity index (χ1) is 15.0. The van der Waals surface area contributed by atoms with Crippen molar-refractivity contribution in [2.75, 3.05) is 0 Å². The normalized spacial score (nSPS) is 17.4. The largest absolute Gasteiger partial charge is 0.455 e. The monoisotopic (exact) mass is 454 g/mol. The van der Waals surface area contributed by atoms with Crippen LogP contribution in [0.25, 0.3) is 11.3 Å². The number of carbonyl (C=O) groups excluding carboxylic acids is 1. The number of furan rings is 1. The van der Waals surface area contributed by atoms with Gasteiger partial charge in [-0.2, -0.15) is 5.10 Å². The van der Waals surface area contributed by atoms with Crippen molar-refractivity contribution in [1.29, 1.82) is 0 Å². The second-order valence-electron chi connectivity index (χ2n) is 6.56. The van der Waals surface area contributed by atoms with E-state index in [1.807, 2.05) is 18.2 Å². The zero-order valence-electron chi connectivity index (χ0n) is 15.9. The van der Waals surface area contributed by atoms with Crippen molar-refractivity contribution in [3.8, 4) is 11.3 Å². The lowest BCUT2D eigenvalue weighted by atomic mass is 10.1. The number of hydrogen-bond donors (Lipinski definition) is 1. The molecule has 1 unspecified atom stereocenters. The number of benzene rings is 2. The molecule has 3 aromatic rings. The molecule has 10 heteroatoms. The SMILES string of the molecule is O=C1N/C(=N\N=C\c2ccc(-c3ccccc3Cl)o2)SC1Cc1cccc([N+](=O)[O-])c1. The number of nitro groups is 1. The van der Waals surface area contributed by atoms with Gasteiger partial charge in [0, 0.05) is 17.7 Å². The molecule has 156 valence electrons. The van der Waals surface area contributed by atoms with Gasteiger partial charge in [0.15, 0.2) is 5.17 Å². The summed E-state index contributed by atoms with van der Waals surface area (Å²) in [6, 6.07) is 17.1.